The lowest BCUT2D eigenvalue weighted by Crippen LogP contribution is -2.15. The van der Waals surface area contributed by atoms with Gasteiger partial charge in [-0.05, 0) is 36.4 Å². The van der Waals surface area contributed by atoms with Gasteiger partial charge < -0.3 is 14.7 Å². The van der Waals surface area contributed by atoms with Gasteiger partial charge in [0.2, 0.25) is 11.9 Å². The maximum absolute atomic E-state index is 12.9. The van der Waals surface area contributed by atoms with Crippen LogP contribution in [0.25, 0.3) is 22.3 Å². The number of benzene rings is 2. The Bertz CT molecular complexity index is 1490. The van der Waals surface area contributed by atoms with Gasteiger partial charge in [-0.15, -0.1) is 0 Å². The van der Waals surface area contributed by atoms with E-state index < -0.39 is 5.91 Å². The lowest BCUT2D eigenvalue weighted by Gasteiger charge is -2.08. The van der Waals surface area contributed by atoms with Gasteiger partial charge in [-0.25, -0.2) is 15.0 Å². The van der Waals surface area contributed by atoms with Crippen molar-refractivity contribution in [2.45, 2.75) is 0 Å². The molecular weight excluding hydrogens is 434 g/mol. The first-order valence-corrected chi connectivity index (χ1v) is 10.3. The Kier molecular flexibility index (Phi) is 5.45. The monoisotopic (exact) mass is 453 g/mol. The number of carbonyl (C=O) groups is 2. The highest BCUT2D eigenvalue weighted by Crippen LogP contribution is 2.28. The summed E-state index contributed by atoms with van der Waals surface area (Å²) >= 11 is 0. The van der Waals surface area contributed by atoms with Crippen LogP contribution in [0.4, 0.5) is 11.9 Å². The van der Waals surface area contributed by atoms with Gasteiger partial charge in [0.25, 0.3) is 11.8 Å². The summed E-state index contributed by atoms with van der Waals surface area (Å²) < 4.78 is 5.40. The molecule has 0 saturated carbocycles. The maximum Gasteiger partial charge on any atom is 0.276 e. The number of carbonyl (C=O) groups excluding carboxylic acids is 2. The van der Waals surface area contributed by atoms with E-state index in [-0.39, 0.29) is 17.5 Å². The number of ether oxygens (including phenoxy) is 1. The van der Waals surface area contributed by atoms with Crippen LogP contribution in [0, 0.1) is 0 Å². The number of imidazole rings is 2. The first-order chi connectivity index (χ1) is 16.6. The van der Waals surface area contributed by atoms with Crippen molar-refractivity contribution in [3.05, 3.63) is 84.3 Å². The lowest BCUT2D eigenvalue weighted by atomic mass is 10.1. The molecule has 2 aromatic carbocycles. The molecule has 0 bridgehead atoms. The zero-order valence-electron chi connectivity index (χ0n) is 18.0. The molecule has 5 rings (SSSR count). The smallest absolute Gasteiger partial charge is 0.276 e. The number of nitrogens with one attached hydrogen (secondary N) is 4. The first kappa shape index (κ1) is 20.9. The first-order valence-electron chi connectivity index (χ1n) is 10.3. The molecule has 0 saturated heterocycles. The summed E-state index contributed by atoms with van der Waals surface area (Å²) in [4.78, 5) is 44.3. The zero-order valence-corrected chi connectivity index (χ0v) is 18.0. The normalized spacial score (nSPS) is 10.7. The molecule has 10 heteroatoms. The fourth-order valence-electron chi connectivity index (χ4n) is 3.52. The molecule has 0 aliphatic rings. The number of hydrogen-bond acceptors (Lipinski definition) is 6. The fourth-order valence-corrected chi connectivity index (χ4v) is 3.52. The van der Waals surface area contributed by atoms with E-state index in [2.05, 4.69) is 35.6 Å². The minimum absolute atomic E-state index is 0.197. The Hall–Kier alpha value is -4.99. The van der Waals surface area contributed by atoms with Crippen LogP contribution in [0.3, 0.4) is 0 Å². The molecule has 2 amide bonds. The van der Waals surface area contributed by atoms with Crippen molar-refractivity contribution in [3.8, 4) is 17.0 Å². The molecule has 5 aromatic rings. The number of para-hydroxylation sites is 2. The number of anilines is 2. The number of fused-ring (bicyclic) bond motifs is 1. The Labute approximate surface area is 193 Å². The van der Waals surface area contributed by atoms with Crippen molar-refractivity contribution in [1.82, 2.24) is 24.9 Å². The lowest BCUT2D eigenvalue weighted by molar-refractivity contribution is 0.101. The number of methoxy groups -OCH3 is 1. The molecule has 0 fully saturated rings. The van der Waals surface area contributed by atoms with Gasteiger partial charge in [0.1, 0.15) is 17.0 Å². The van der Waals surface area contributed by atoms with Crippen LogP contribution >= 0.6 is 0 Å². The van der Waals surface area contributed by atoms with E-state index in [1.165, 1.54) is 6.20 Å². The molecule has 0 atom stereocenters. The highest BCUT2D eigenvalue weighted by molar-refractivity contribution is 6.11. The Morgan fingerprint density at radius 1 is 0.882 bits per heavy atom. The van der Waals surface area contributed by atoms with Crippen molar-refractivity contribution < 1.29 is 14.3 Å². The molecule has 34 heavy (non-hydrogen) atoms. The zero-order chi connectivity index (χ0) is 23.5. The summed E-state index contributed by atoms with van der Waals surface area (Å²) in [6.45, 7) is 0. The number of aromatic nitrogens is 5. The maximum atomic E-state index is 12.9. The summed E-state index contributed by atoms with van der Waals surface area (Å²) in [6.07, 6.45) is 3.14. The molecule has 0 radical (unpaired) electrons. The SMILES string of the molecule is COc1ccccc1-c1cccc(C(=O)Nc2nc3c(C(=O)Nc4ncc[nH]4)cccc3[nH]2)n1. The van der Waals surface area contributed by atoms with E-state index in [1.807, 2.05) is 24.3 Å². The molecule has 0 aliphatic heterocycles. The summed E-state index contributed by atoms with van der Waals surface area (Å²) in [7, 11) is 1.58. The number of amides is 2. The number of nitrogens with zero attached hydrogens (tertiary/aromatic N) is 3. The summed E-state index contributed by atoms with van der Waals surface area (Å²) in [5, 5.41) is 5.39. The van der Waals surface area contributed by atoms with Crippen LogP contribution in [-0.4, -0.2) is 43.8 Å². The van der Waals surface area contributed by atoms with Crippen molar-refractivity contribution >= 4 is 34.7 Å². The van der Waals surface area contributed by atoms with Gasteiger partial charge in [0, 0.05) is 18.0 Å². The van der Waals surface area contributed by atoms with Crippen LogP contribution < -0.4 is 15.4 Å². The fraction of sp³-hybridized carbons (Fsp3) is 0.0417. The van der Waals surface area contributed by atoms with E-state index >= 15 is 0 Å². The second-order valence-corrected chi connectivity index (χ2v) is 7.24. The number of H-pyrrole nitrogens is 2. The van der Waals surface area contributed by atoms with Crippen molar-refractivity contribution in [3.63, 3.8) is 0 Å². The van der Waals surface area contributed by atoms with Crippen LogP contribution in [0.1, 0.15) is 20.8 Å². The molecule has 0 aliphatic carbocycles. The Morgan fingerprint density at radius 2 is 1.71 bits per heavy atom. The minimum atomic E-state index is -0.447. The third-order valence-electron chi connectivity index (χ3n) is 5.08. The molecule has 3 heterocycles. The quantitative estimate of drug-likeness (QED) is 0.308. The molecular formula is C24H19N7O3. The number of rotatable bonds is 6. The third kappa shape index (κ3) is 4.07. The van der Waals surface area contributed by atoms with Crippen LogP contribution in [-0.2, 0) is 0 Å². The molecule has 10 nitrogen and oxygen atoms in total. The Balaban J connectivity index is 1.40. The van der Waals surface area contributed by atoms with Gasteiger partial charge >= 0.3 is 0 Å². The molecule has 0 unspecified atom stereocenters. The van der Waals surface area contributed by atoms with Crippen LogP contribution in [0.5, 0.6) is 5.75 Å². The summed E-state index contributed by atoms with van der Waals surface area (Å²) in [5.74, 6) is 0.355. The number of pyridine rings is 1. The highest BCUT2D eigenvalue weighted by atomic mass is 16.5. The summed E-state index contributed by atoms with van der Waals surface area (Å²) in [5.41, 5.74) is 2.93. The van der Waals surface area contributed by atoms with E-state index in [0.29, 0.717) is 34.0 Å². The van der Waals surface area contributed by atoms with Gasteiger partial charge in [-0.3, -0.25) is 20.2 Å². The second kappa shape index (κ2) is 8.87. The van der Waals surface area contributed by atoms with Gasteiger partial charge in [-0.1, -0.05) is 24.3 Å². The van der Waals surface area contributed by atoms with Gasteiger partial charge in [0.05, 0.1) is 23.9 Å². The summed E-state index contributed by atoms with van der Waals surface area (Å²) in [6, 6.07) is 17.7. The van der Waals surface area contributed by atoms with E-state index in [4.69, 9.17) is 4.74 Å². The molecule has 168 valence electrons. The Morgan fingerprint density at radius 3 is 2.53 bits per heavy atom. The topological polar surface area (TPSA) is 138 Å². The average molecular weight is 453 g/mol. The molecule has 0 spiro atoms. The van der Waals surface area contributed by atoms with Crippen molar-refractivity contribution in [2.75, 3.05) is 17.7 Å². The van der Waals surface area contributed by atoms with Crippen molar-refractivity contribution in [1.29, 1.82) is 0 Å². The van der Waals surface area contributed by atoms with Crippen molar-refractivity contribution in [2.24, 2.45) is 0 Å². The van der Waals surface area contributed by atoms with E-state index in [1.54, 1.807) is 49.7 Å². The second-order valence-electron chi connectivity index (χ2n) is 7.24. The van der Waals surface area contributed by atoms with Crippen LogP contribution in [0.15, 0.2) is 73.1 Å². The molecule has 3 aromatic heterocycles. The third-order valence-corrected chi connectivity index (χ3v) is 5.08. The number of hydrogen-bond donors (Lipinski definition) is 4. The standard InChI is InChI=1S/C24H19N7O3/c1-34-19-11-3-2-6-14(19)16-8-5-10-18(27-16)22(33)31-24-28-17-9-4-7-15(20(17)29-24)21(32)30-23-25-12-13-26-23/h2-13H,1H3,(H2,25,26,30,32)(H2,28,29,31,33). The largest absolute Gasteiger partial charge is 0.496 e. The highest BCUT2D eigenvalue weighted by Gasteiger charge is 2.17. The van der Waals surface area contributed by atoms with Crippen LogP contribution in [0.2, 0.25) is 0 Å². The predicted octanol–water partition coefficient (Wildman–Crippen LogP) is 3.86. The minimum Gasteiger partial charge on any atom is -0.496 e. The predicted molar refractivity (Wildman–Crippen MR) is 127 cm³/mol. The van der Waals surface area contributed by atoms with E-state index in [9.17, 15) is 9.59 Å². The van der Waals surface area contributed by atoms with Gasteiger partial charge in [0.15, 0.2) is 0 Å². The van der Waals surface area contributed by atoms with Gasteiger partial charge in [-0.2, -0.15) is 0 Å². The van der Waals surface area contributed by atoms with E-state index in [0.717, 1.165) is 5.56 Å². The average Bonchev–Trinajstić information content (AvgIpc) is 3.53. The molecule has 4 N–H and O–H groups in total. The number of aromatic amines is 2.